The van der Waals surface area contributed by atoms with Gasteiger partial charge in [0.1, 0.15) is 11.4 Å². The molecule has 0 aliphatic carbocycles. The summed E-state index contributed by atoms with van der Waals surface area (Å²) in [5.41, 5.74) is 4.60. The minimum Gasteiger partial charge on any atom is -0.384 e. The molecule has 0 bridgehead atoms. The number of nitrogens with one attached hydrogen (secondary N) is 1. The third-order valence-corrected chi connectivity index (χ3v) is 5.52. The highest BCUT2D eigenvalue weighted by molar-refractivity contribution is 7.10. The first-order valence-electron chi connectivity index (χ1n) is 8.46. The van der Waals surface area contributed by atoms with E-state index < -0.39 is 11.2 Å². The number of hydrogen-bond donors (Lipinski definition) is 2. The molecule has 0 aromatic carbocycles. The van der Waals surface area contributed by atoms with Gasteiger partial charge in [0.05, 0.1) is 6.54 Å². The lowest BCUT2D eigenvalue weighted by Crippen LogP contribution is -2.39. The number of thiophene rings is 1. The van der Waals surface area contributed by atoms with Crippen molar-refractivity contribution in [1.29, 1.82) is 0 Å². The van der Waals surface area contributed by atoms with E-state index in [2.05, 4.69) is 16.0 Å². The first-order chi connectivity index (χ1) is 12.0. The van der Waals surface area contributed by atoms with E-state index in [0.717, 1.165) is 19.4 Å². The molecule has 1 aliphatic heterocycles. The highest BCUT2D eigenvalue weighted by Crippen LogP contribution is 2.34. The Bertz CT molecular complexity index is 869. The van der Waals surface area contributed by atoms with E-state index in [0.29, 0.717) is 13.0 Å². The summed E-state index contributed by atoms with van der Waals surface area (Å²) < 4.78 is 1.26. The topological polar surface area (TPSA) is 101 Å². The van der Waals surface area contributed by atoms with E-state index in [1.54, 1.807) is 11.3 Å². The van der Waals surface area contributed by atoms with Gasteiger partial charge in [0, 0.05) is 17.5 Å². The minimum atomic E-state index is -0.702. The molecule has 2 aromatic rings. The van der Waals surface area contributed by atoms with E-state index >= 15 is 0 Å². The van der Waals surface area contributed by atoms with Crippen LogP contribution in [0.3, 0.4) is 0 Å². The summed E-state index contributed by atoms with van der Waals surface area (Å²) in [6.07, 6.45) is 2.68. The van der Waals surface area contributed by atoms with E-state index in [9.17, 15) is 14.4 Å². The molecule has 3 heterocycles. The number of hydrogen-bond acceptors (Lipinski definition) is 6. The Hall–Kier alpha value is -2.19. The number of rotatable bonds is 6. The summed E-state index contributed by atoms with van der Waals surface area (Å²) >= 11 is 1.67. The van der Waals surface area contributed by atoms with Crippen LogP contribution in [0.4, 0.5) is 5.82 Å². The van der Waals surface area contributed by atoms with E-state index in [-0.39, 0.29) is 29.8 Å². The molecule has 2 aromatic heterocycles. The van der Waals surface area contributed by atoms with Crippen LogP contribution >= 0.6 is 11.3 Å². The lowest BCUT2D eigenvalue weighted by atomic mass is 10.1. The summed E-state index contributed by atoms with van der Waals surface area (Å²) in [6.45, 7) is 3.19. The van der Waals surface area contributed by atoms with E-state index in [4.69, 9.17) is 5.73 Å². The Balaban J connectivity index is 1.87. The van der Waals surface area contributed by atoms with Gasteiger partial charge >= 0.3 is 5.69 Å². The number of ketones is 1. The van der Waals surface area contributed by atoms with Gasteiger partial charge in [-0.15, -0.1) is 11.3 Å². The molecule has 1 atom stereocenters. The normalized spacial score (nSPS) is 17.9. The molecule has 25 heavy (non-hydrogen) atoms. The Labute approximate surface area is 149 Å². The lowest BCUT2D eigenvalue weighted by molar-refractivity contribution is 0.0921. The fourth-order valence-corrected chi connectivity index (χ4v) is 4.28. The van der Waals surface area contributed by atoms with Crippen molar-refractivity contribution >= 4 is 22.9 Å². The monoisotopic (exact) mass is 362 g/mol. The zero-order valence-electron chi connectivity index (χ0n) is 14.2. The second-order valence-electron chi connectivity index (χ2n) is 6.24. The maximum atomic E-state index is 12.8. The average Bonchev–Trinajstić information content (AvgIpc) is 3.22. The van der Waals surface area contributed by atoms with Gasteiger partial charge in [0.25, 0.3) is 5.56 Å². The molecular formula is C17H22N4O3S. The zero-order chi connectivity index (χ0) is 18.0. The molecule has 0 saturated carbocycles. The van der Waals surface area contributed by atoms with Crippen molar-refractivity contribution in [2.75, 3.05) is 18.8 Å². The molecular weight excluding hydrogens is 340 g/mol. The van der Waals surface area contributed by atoms with Crippen molar-refractivity contribution in [2.45, 2.75) is 38.8 Å². The van der Waals surface area contributed by atoms with Crippen molar-refractivity contribution in [1.82, 2.24) is 14.5 Å². The van der Waals surface area contributed by atoms with Gasteiger partial charge in [-0.1, -0.05) is 13.0 Å². The molecule has 134 valence electrons. The van der Waals surface area contributed by atoms with E-state index in [1.807, 2.05) is 18.4 Å². The molecule has 3 N–H and O–H groups in total. The van der Waals surface area contributed by atoms with Gasteiger partial charge in [0.15, 0.2) is 5.78 Å². The lowest BCUT2D eigenvalue weighted by Gasteiger charge is -2.23. The number of aromatic amines is 1. The van der Waals surface area contributed by atoms with Crippen molar-refractivity contribution < 1.29 is 4.79 Å². The summed E-state index contributed by atoms with van der Waals surface area (Å²) in [6, 6.07) is 4.27. The van der Waals surface area contributed by atoms with Gasteiger partial charge < -0.3 is 5.73 Å². The fraction of sp³-hybridized carbons (Fsp3) is 0.471. The molecule has 0 unspecified atom stereocenters. The number of carbonyl (C=O) groups excluding carboxylic acids is 1. The van der Waals surface area contributed by atoms with Gasteiger partial charge in [-0.25, -0.2) is 4.79 Å². The summed E-state index contributed by atoms with van der Waals surface area (Å²) in [7, 11) is 0. The molecule has 0 amide bonds. The molecule has 0 spiro atoms. The number of nitrogens with zero attached hydrogens (tertiary/aromatic N) is 2. The largest absolute Gasteiger partial charge is 0.384 e. The Morgan fingerprint density at radius 2 is 2.24 bits per heavy atom. The first kappa shape index (κ1) is 17.6. The Morgan fingerprint density at radius 3 is 2.92 bits per heavy atom. The number of nitrogens with two attached hydrogens (primary N) is 1. The third kappa shape index (κ3) is 3.45. The van der Waals surface area contributed by atoms with Crippen LogP contribution in [0.1, 0.15) is 47.5 Å². The summed E-state index contributed by atoms with van der Waals surface area (Å²) in [5.74, 6) is -0.375. The third-order valence-electron chi connectivity index (χ3n) is 4.55. The molecule has 1 aliphatic rings. The standard InChI is InChI=1S/C17H22N4O3S/c1-2-7-21-15(18)14(16(23)19-17(21)24)12(22)10-20-8-3-5-11(20)13-6-4-9-25-13/h4,6,9,11H,2-3,5,7-8,10,18H2,1H3,(H,19,23,24)/t11-/m0/s1. The molecule has 1 saturated heterocycles. The number of H-pyrrole nitrogens is 1. The molecule has 8 heteroatoms. The van der Waals surface area contributed by atoms with Gasteiger partial charge in [-0.05, 0) is 37.3 Å². The van der Waals surface area contributed by atoms with E-state index in [1.165, 1.54) is 9.44 Å². The molecule has 0 radical (unpaired) electrons. The summed E-state index contributed by atoms with van der Waals surface area (Å²) in [5, 5.41) is 2.02. The predicted molar refractivity (Wildman–Crippen MR) is 98.2 cm³/mol. The van der Waals surface area contributed by atoms with Crippen molar-refractivity contribution in [3.63, 3.8) is 0 Å². The zero-order valence-corrected chi connectivity index (χ0v) is 15.0. The molecule has 3 rings (SSSR count). The number of Topliss-reactive ketones (excluding diaryl/α,β-unsaturated/α-hetero) is 1. The predicted octanol–water partition coefficient (Wildman–Crippen LogP) is 1.61. The Kier molecular flexibility index (Phi) is 5.19. The molecule has 1 fully saturated rings. The quantitative estimate of drug-likeness (QED) is 0.760. The molecule has 7 nitrogen and oxygen atoms in total. The van der Waals surface area contributed by atoms with Crippen molar-refractivity contribution in [3.05, 3.63) is 48.8 Å². The highest BCUT2D eigenvalue weighted by atomic mass is 32.1. The maximum absolute atomic E-state index is 12.8. The van der Waals surface area contributed by atoms with Crippen LogP contribution in [0.2, 0.25) is 0 Å². The second kappa shape index (κ2) is 7.37. The van der Waals surface area contributed by atoms with Crippen LogP contribution < -0.4 is 17.0 Å². The van der Waals surface area contributed by atoms with Gasteiger partial charge in [-0.2, -0.15) is 0 Å². The van der Waals surface area contributed by atoms with Crippen LogP contribution in [0.15, 0.2) is 27.1 Å². The maximum Gasteiger partial charge on any atom is 0.329 e. The van der Waals surface area contributed by atoms with Crippen molar-refractivity contribution in [2.24, 2.45) is 0 Å². The fourth-order valence-electron chi connectivity index (χ4n) is 3.38. The Morgan fingerprint density at radius 1 is 1.44 bits per heavy atom. The smallest absolute Gasteiger partial charge is 0.329 e. The van der Waals surface area contributed by atoms with Crippen LogP contribution in [0.25, 0.3) is 0 Å². The SMILES string of the molecule is CCCn1c(N)c(C(=O)CN2CCC[C@H]2c2cccs2)c(=O)[nH]c1=O. The van der Waals surface area contributed by atoms with Crippen LogP contribution in [0, 0.1) is 0 Å². The van der Waals surface area contributed by atoms with Crippen LogP contribution in [-0.4, -0.2) is 33.3 Å². The number of nitrogen functional groups attached to an aromatic ring is 1. The summed E-state index contributed by atoms with van der Waals surface area (Å²) in [4.78, 5) is 42.3. The van der Waals surface area contributed by atoms with Crippen LogP contribution in [0.5, 0.6) is 0 Å². The number of aromatic nitrogens is 2. The minimum absolute atomic E-state index is 0.0347. The second-order valence-corrected chi connectivity index (χ2v) is 7.22. The van der Waals surface area contributed by atoms with Gasteiger partial charge in [0.2, 0.25) is 0 Å². The first-order valence-corrected chi connectivity index (χ1v) is 9.34. The number of carbonyl (C=O) groups is 1. The number of anilines is 1. The van der Waals surface area contributed by atoms with Gasteiger partial charge in [-0.3, -0.25) is 24.0 Å². The van der Waals surface area contributed by atoms with Crippen LogP contribution in [-0.2, 0) is 6.54 Å². The van der Waals surface area contributed by atoms with Crippen molar-refractivity contribution in [3.8, 4) is 0 Å². The average molecular weight is 362 g/mol. The number of likely N-dealkylation sites (tertiary alicyclic amines) is 1. The highest BCUT2D eigenvalue weighted by Gasteiger charge is 2.30.